The molecule has 0 saturated heterocycles. The Hall–Kier alpha value is -0.580. The second kappa shape index (κ2) is 7.69. The summed E-state index contributed by atoms with van der Waals surface area (Å²) in [6, 6.07) is 7.80. The summed E-state index contributed by atoms with van der Waals surface area (Å²) in [6.07, 6.45) is 0.390. The number of nitrogens with two attached hydrogens (primary N) is 1. The standard InChI is InChI=1S/C12H17BrN2O.ClH/c1-9(14)7-12(16)15(2)8-10-5-3-4-6-11(10)13;/h3-6,9H,7-8,14H2,1-2H3;1H. The van der Waals surface area contributed by atoms with E-state index in [9.17, 15) is 4.79 Å². The first-order chi connectivity index (χ1) is 7.50. The Morgan fingerprint density at radius 3 is 2.59 bits per heavy atom. The third-order valence-electron chi connectivity index (χ3n) is 2.29. The maximum atomic E-state index is 11.7. The van der Waals surface area contributed by atoms with Gasteiger partial charge in [0.2, 0.25) is 5.91 Å². The van der Waals surface area contributed by atoms with Gasteiger partial charge in [-0.05, 0) is 18.6 Å². The lowest BCUT2D eigenvalue weighted by Gasteiger charge is -2.19. The van der Waals surface area contributed by atoms with Crippen molar-refractivity contribution in [2.24, 2.45) is 5.73 Å². The van der Waals surface area contributed by atoms with Crippen LogP contribution in [0.1, 0.15) is 18.9 Å². The fourth-order valence-corrected chi connectivity index (χ4v) is 1.81. The molecule has 0 radical (unpaired) electrons. The van der Waals surface area contributed by atoms with Gasteiger partial charge >= 0.3 is 0 Å². The maximum Gasteiger partial charge on any atom is 0.224 e. The van der Waals surface area contributed by atoms with Crippen LogP contribution in [0, 0.1) is 0 Å². The second-order valence-electron chi connectivity index (χ2n) is 4.02. The number of carbonyl (C=O) groups excluding carboxylic acids is 1. The van der Waals surface area contributed by atoms with E-state index >= 15 is 0 Å². The summed E-state index contributed by atoms with van der Waals surface area (Å²) in [5.74, 6) is 0.0748. The molecule has 0 fully saturated rings. The van der Waals surface area contributed by atoms with Crippen molar-refractivity contribution in [1.82, 2.24) is 4.90 Å². The number of hydrogen-bond donors (Lipinski definition) is 1. The highest BCUT2D eigenvalue weighted by Gasteiger charge is 2.12. The molecule has 1 aromatic rings. The van der Waals surface area contributed by atoms with E-state index in [0.717, 1.165) is 10.0 Å². The molecule has 0 aromatic heterocycles. The van der Waals surface area contributed by atoms with Crippen LogP contribution in [0.2, 0.25) is 0 Å². The topological polar surface area (TPSA) is 46.3 Å². The molecule has 3 nitrogen and oxygen atoms in total. The van der Waals surface area contributed by atoms with Gasteiger partial charge < -0.3 is 10.6 Å². The lowest BCUT2D eigenvalue weighted by Crippen LogP contribution is -2.31. The molecular formula is C12H18BrClN2O. The first kappa shape index (κ1) is 16.4. The van der Waals surface area contributed by atoms with E-state index in [1.165, 1.54) is 0 Å². The average Bonchev–Trinajstić information content (AvgIpc) is 2.20. The molecule has 1 atom stereocenters. The van der Waals surface area contributed by atoms with Crippen molar-refractivity contribution >= 4 is 34.2 Å². The van der Waals surface area contributed by atoms with Gasteiger partial charge in [0.1, 0.15) is 0 Å². The zero-order chi connectivity index (χ0) is 12.1. The Morgan fingerprint density at radius 1 is 1.47 bits per heavy atom. The summed E-state index contributed by atoms with van der Waals surface area (Å²) in [4.78, 5) is 13.4. The number of nitrogens with zero attached hydrogens (tertiary/aromatic N) is 1. The van der Waals surface area contributed by atoms with Gasteiger partial charge in [-0.15, -0.1) is 12.4 Å². The van der Waals surface area contributed by atoms with Gasteiger partial charge in [0.15, 0.2) is 0 Å². The van der Waals surface area contributed by atoms with E-state index in [1.807, 2.05) is 31.2 Å². The molecule has 2 N–H and O–H groups in total. The number of amides is 1. The van der Waals surface area contributed by atoms with E-state index in [1.54, 1.807) is 11.9 Å². The van der Waals surface area contributed by atoms with Gasteiger partial charge in [-0.1, -0.05) is 34.1 Å². The highest BCUT2D eigenvalue weighted by atomic mass is 79.9. The quantitative estimate of drug-likeness (QED) is 0.926. The first-order valence-electron chi connectivity index (χ1n) is 5.23. The normalized spacial score (nSPS) is 11.5. The van der Waals surface area contributed by atoms with Crippen LogP contribution in [0.4, 0.5) is 0 Å². The molecular weight excluding hydrogens is 304 g/mol. The summed E-state index contributed by atoms with van der Waals surface area (Å²) in [6.45, 7) is 2.44. The van der Waals surface area contributed by atoms with Crippen molar-refractivity contribution in [3.63, 3.8) is 0 Å². The monoisotopic (exact) mass is 320 g/mol. The number of hydrogen-bond acceptors (Lipinski definition) is 2. The molecule has 17 heavy (non-hydrogen) atoms. The van der Waals surface area contributed by atoms with Crippen LogP contribution in [0.15, 0.2) is 28.7 Å². The van der Waals surface area contributed by atoms with E-state index in [0.29, 0.717) is 13.0 Å². The molecule has 0 aliphatic carbocycles. The lowest BCUT2D eigenvalue weighted by molar-refractivity contribution is -0.130. The van der Waals surface area contributed by atoms with Crippen LogP contribution in [-0.4, -0.2) is 23.9 Å². The van der Waals surface area contributed by atoms with Crippen molar-refractivity contribution in [2.75, 3.05) is 7.05 Å². The minimum absolute atomic E-state index is 0. The SMILES string of the molecule is CC(N)CC(=O)N(C)Cc1ccccc1Br.Cl. The van der Waals surface area contributed by atoms with Crippen molar-refractivity contribution in [3.05, 3.63) is 34.3 Å². The van der Waals surface area contributed by atoms with Crippen LogP contribution in [0.5, 0.6) is 0 Å². The van der Waals surface area contributed by atoms with Crippen molar-refractivity contribution in [3.8, 4) is 0 Å². The highest BCUT2D eigenvalue weighted by molar-refractivity contribution is 9.10. The summed E-state index contributed by atoms with van der Waals surface area (Å²) < 4.78 is 1.02. The third-order valence-corrected chi connectivity index (χ3v) is 3.06. The molecule has 0 bridgehead atoms. The molecule has 1 amide bonds. The maximum absolute atomic E-state index is 11.7. The molecule has 0 heterocycles. The largest absolute Gasteiger partial charge is 0.341 e. The Bertz CT molecular complexity index is 371. The smallest absolute Gasteiger partial charge is 0.224 e. The Balaban J connectivity index is 0.00000256. The van der Waals surface area contributed by atoms with Crippen LogP contribution in [0.3, 0.4) is 0 Å². The predicted octanol–water partition coefficient (Wildman–Crippen LogP) is 2.57. The Morgan fingerprint density at radius 2 is 2.06 bits per heavy atom. The van der Waals surface area contributed by atoms with Gasteiger partial charge in [0, 0.05) is 30.5 Å². The minimum Gasteiger partial charge on any atom is -0.341 e. The summed E-state index contributed by atoms with van der Waals surface area (Å²) >= 11 is 3.46. The highest BCUT2D eigenvalue weighted by Crippen LogP contribution is 2.17. The molecule has 1 aromatic carbocycles. The van der Waals surface area contributed by atoms with Crippen LogP contribution < -0.4 is 5.73 Å². The third kappa shape index (κ3) is 5.52. The van der Waals surface area contributed by atoms with E-state index in [4.69, 9.17) is 5.73 Å². The van der Waals surface area contributed by atoms with Crippen molar-refractivity contribution in [2.45, 2.75) is 25.9 Å². The summed E-state index contributed by atoms with van der Waals surface area (Å²) in [7, 11) is 1.80. The fourth-order valence-electron chi connectivity index (χ4n) is 1.40. The Kier molecular flexibility index (Phi) is 7.43. The fraction of sp³-hybridized carbons (Fsp3) is 0.417. The van der Waals surface area contributed by atoms with Gasteiger partial charge in [-0.2, -0.15) is 0 Å². The molecule has 0 aliphatic heterocycles. The predicted molar refractivity (Wildman–Crippen MR) is 76.1 cm³/mol. The molecule has 0 aliphatic rings. The van der Waals surface area contributed by atoms with Crippen LogP contribution in [0.25, 0.3) is 0 Å². The molecule has 5 heteroatoms. The lowest BCUT2D eigenvalue weighted by atomic mass is 10.2. The molecule has 0 saturated carbocycles. The molecule has 0 spiro atoms. The minimum atomic E-state index is -0.0887. The summed E-state index contributed by atoms with van der Waals surface area (Å²) in [5.41, 5.74) is 6.70. The van der Waals surface area contributed by atoms with Crippen LogP contribution in [-0.2, 0) is 11.3 Å². The Labute approximate surface area is 117 Å². The van der Waals surface area contributed by atoms with Crippen molar-refractivity contribution in [1.29, 1.82) is 0 Å². The van der Waals surface area contributed by atoms with E-state index in [2.05, 4.69) is 15.9 Å². The van der Waals surface area contributed by atoms with E-state index in [-0.39, 0.29) is 24.4 Å². The first-order valence-corrected chi connectivity index (χ1v) is 6.03. The summed E-state index contributed by atoms with van der Waals surface area (Å²) in [5, 5.41) is 0. The van der Waals surface area contributed by atoms with Gasteiger partial charge in [0.05, 0.1) is 0 Å². The van der Waals surface area contributed by atoms with Crippen LogP contribution >= 0.6 is 28.3 Å². The molecule has 1 unspecified atom stereocenters. The van der Waals surface area contributed by atoms with Gasteiger partial charge in [-0.25, -0.2) is 0 Å². The zero-order valence-electron chi connectivity index (χ0n) is 10.0. The molecule has 1 rings (SSSR count). The zero-order valence-corrected chi connectivity index (χ0v) is 12.4. The second-order valence-corrected chi connectivity index (χ2v) is 4.88. The van der Waals surface area contributed by atoms with Crippen molar-refractivity contribution < 1.29 is 4.79 Å². The van der Waals surface area contributed by atoms with Gasteiger partial charge in [0.25, 0.3) is 0 Å². The number of rotatable bonds is 4. The number of carbonyl (C=O) groups is 1. The average molecular weight is 322 g/mol. The number of benzene rings is 1. The molecule has 96 valence electrons. The van der Waals surface area contributed by atoms with E-state index < -0.39 is 0 Å². The number of halogens is 2. The van der Waals surface area contributed by atoms with Gasteiger partial charge in [-0.3, -0.25) is 4.79 Å².